The molecule has 24 heavy (non-hydrogen) atoms. The second kappa shape index (κ2) is 8.02. The standard InChI is InChI=1S/C19H21N3O2/c1-4-22(5-2)18-10-9-17(24-18)12-15(13-20)19(23)21-16-8-6-7-14(3)11-16/h6-12H,4-5H2,1-3H3,(H,21,23)/b15-12-. The number of amides is 1. The largest absolute Gasteiger partial charge is 0.441 e. The van der Waals surface area contributed by atoms with E-state index >= 15 is 0 Å². The summed E-state index contributed by atoms with van der Waals surface area (Å²) in [6.07, 6.45) is 1.46. The first-order valence-electron chi connectivity index (χ1n) is 7.92. The van der Waals surface area contributed by atoms with E-state index in [2.05, 4.69) is 10.2 Å². The highest BCUT2D eigenvalue weighted by Crippen LogP contribution is 2.20. The van der Waals surface area contributed by atoms with E-state index < -0.39 is 5.91 Å². The Hall–Kier alpha value is -3.00. The summed E-state index contributed by atoms with van der Waals surface area (Å²) in [5, 5.41) is 12.0. The molecule has 0 bridgehead atoms. The van der Waals surface area contributed by atoms with Crippen molar-refractivity contribution in [2.24, 2.45) is 0 Å². The van der Waals surface area contributed by atoms with Gasteiger partial charge >= 0.3 is 0 Å². The minimum Gasteiger partial charge on any atom is -0.441 e. The van der Waals surface area contributed by atoms with Gasteiger partial charge in [0.15, 0.2) is 5.88 Å². The predicted octanol–water partition coefficient (Wildman–Crippen LogP) is 3.98. The van der Waals surface area contributed by atoms with Crippen LogP contribution in [0.5, 0.6) is 0 Å². The summed E-state index contributed by atoms with van der Waals surface area (Å²) in [5.41, 5.74) is 1.69. The van der Waals surface area contributed by atoms with Crippen LogP contribution in [0.1, 0.15) is 25.2 Å². The van der Waals surface area contributed by atoms with E-state index in [0.717, 1.165) is 24.5 Å². The Balaban J connectivity index is 2.17. The summed E-state index contributed by atoms with van der Waals surface area (Å²) in [5.74, 6) is 0.749. The minimum absolute atomic E-state index is 0.00282. The van der Waals surface area contributed by atoms with E-state index in [0.29, 0.717) is 11.4 Å². The van der Waals surface area contributed by atoms with Crippen LogP contribution in [-0.4, -0.2) is 19.0 Å². The fraction of sp³-hybridized carbons (Fsp3) is 0.263. The van der Waals surface area contributed by atoms with E-state index in [9.17, 15) is 10.1 Å². The molecule has 2 aromatic rings. The molecular weight excluding hydrogens is 302 g/mol. The van der Waals surface area contributed by atoms with Gasteiger partial charge in [0.1, 0.15) is 17.4 Å². The van der Waals surface area contributed by atoms with Crippen molar-refractivity contribution in [2.45, 2.75) is 20.8 Å². The van der Waals surface area contributed by atoms with Crippen LogP contribution in [0.2, 0.25) is 0 Å². The molecule has 1 N–H and O–H groups in total. The Morgan fingerprint density at radius 1 is 1.29 bits per heavy atom. The monoisotopic (exact) mass is 323 g/mol. The lowest BCUT2D eigenvalue weighted by Crippen LogP contribution is -2.20. The van der Waals surface area contributed by atoms with Gasteiger partial charge in [0.2, 0.25) is 0 Å². The van der Waals surface area contributed by atoms with Crippen LogP contribution in [0.15, 0.2) is 46.4 Å². The van der Waals surface area contributed by atoms with Crippen molar-refractivity contribution in [1.82, 2.24) is 0 Å². The molecule has 2 rings (SSSR count). The van der Waals surface area contributed by atoms with Crippen LogP contribution in [0.4, 0.5) is 11.6 Å². The Morgan fingerprint density at radius 3 is 2.67 bits per heavy atom. The zero-order valence-electron chi connectivity index (χ0n) is 14.2. The third-order valence-corrected chi connectivity index (χ3v) is 3.62. The van der Waals surface area contributed by atoms with E-state index in [-0.39, 0.29) is 5.57 Å². The average molecular weight is 323 g/mol. The number of carbonyl (C=O) groups excluding carboxylic acids is 1. The molecule has 5 heteroatoms. The molecule has 0 spiro atoms. The lowest BCUT2D eigenvalue weighted by molar-refractivity contribution is -0.112. The van der Waals surface area contributed by atoms with Gasteiger partial charge in [0.05, 0.1) is 0 Å². The summed E-state index contributed by atoms with van der Waals surface area (Å²) in [6.45, 7) is 7.67. The van der Waals surface area contributed by atoms with Crippen LogP contribution in [0.3, 0.4) is 0 Å². The minimum atomic E-state index is -0.455. The fourth-order valence-corrected chi connectivity index (χ4v) is 2.34. The SMILES string of the molecule is CCN(CC)c1ccc(/C=C(/C#N)C(=O)Nc2cccc(C)c2)o1. The Labute approximate surface area is 142 Å². The lowest BCUT2D eigenvalue weighted by Gasteiger charge is -2.16. The van der Waals surface area contributed by atoms with Gasteiger partial charge in [-0.15, -0.1) is 0 Å². The smallest absolute Gasteiger partial charge is 0.266 e. The van der Waals surface area contributed by atoms with Crippen molar-refractivity contribution in [3.8, 4) is 6.07 Å². The number of aryl methyl sites for hydroxylation is 1. The molecule has 1 heterocycles. The second-order valence-electron chi connectivity index (χ2n) is 5.34. The number of nitrogens with one attached hydrogen (secondary N) is 1. The Bertz CT molecular complexity index is 780. The maximum absolute atomic E-state index is 12.3. The molecule has 0 saturated heterocycles. The third kappa shape index (κ3) is 4.26. The van der Waals surface area contributed by atoms with Crippen molar-refractivity contribution in [2.75, 3.05) is 23.3 Å². The molecule has 124 valence electrons. The highest BCUT2D eigenvalue weighted by molar-refractivity contribution is 6.09. The molecule has 0 radical (unpaired) electrons. The summed E-state index contributed by atoms with van der Waals surface area (Å²) in [4.78, 5) is 14.3. The van der Waals surface area contributed by atoms with Crippen molar-refractivity contribution in [3.63, 3.8) is 0 Å². The summed E-state index contributed by atoms with van der Waals surface area (Å²) in [7, 11) is 0. The molecule has 1 amide bonds. The first-order chi connectivity index (χ1) is 11.6. The number of anilines is 2. The Kier molecular flexibility index (Phi) is 5.80. The van der Waals surface area contributed by atoms with E-state index in [4.69, 9.17) is 4.42 Å². The van der Waals surface area contributed by atoms with Gasteiger partial charge in [0, 0.05) is 30.9 Å². The van der Waals surface area contributed by atoms with Crippen molar-refractivity contribution >= 4 is 23.6 Å². The summed E-state index contributed by atoms with van der Waals surface area (Å²) < 4.78 is 5.70. The maximum Gasteiger partial charge on any atom is 0.266 e. The highest BCUT2D eigenvalue weighted by Gasteiger charge is 2.12. The quantitative estimate of drug-likeness (QED) is 0.645. The van der Waals surface area contributed by atoms with E-state index in [1.54, 1.807) is 12.1 Å². The van der Waals surface area contributed by atoms with Crippen LogP contribution < -0.4 is 10.2 Å². The van der Waals surface area contributed by atoms with Crippen LogP contribution in [0, 0.1) is 18.3 Å². The number of furan rings is 1. The Morgan fingerprint density at radius 2 is 2.04 bits per heavy atom. The maximum atomic E-state index is 12.3. The molecule has 0 fully saturated rings. The fourth-order valence-electron chi connectivity index (χ4n) is 2.34. The molecule has 0 aliphatic heterocycles. The molecule has 0 atom stereocenters. The normalized spacial score (nSPS) is 11.0. The first kappa shape index (κ1) is 17.4. The van der Waals surface area contributed by atoms with Gasteiger partial charge < -0.3 is 14.6 Å². The molecular formula is C19H21N3O2. The van der Waals surface area contributed by atoms with Crippen molar-refractivity contribution in [3.05, 3.63) is 53.3 Å². The van der Waals surface area contributed by atoms with Gasteiger partial charge in [-0.25, -0.2) is 0 Å². The molecule has 0 saturated carbocycles. The number of benzene rings is 1. The highest BCUT2D eigenvalue weighted by atomic mass is 16.4. The van der Waals surface area contributed by atoms with Gasteiger partial charge in [0.25, 0.3) is 5.91 Å². The number of rotatable bonds is 6. The van der Waals surface area contributed by atoms with Gasteiger partial charge in [-0.05, 0) is 44.5 Å². The molecule has 0 aliphatic rings. The van der Waals surface area contributed by atoms with Crippen LogP contribution in [-0.2, 0) is 4.79 Å². The molecule has 1 aromatic heterocycles. The molecule has 5 nitrogen and oxygen atoms in total. The zero-order valence-corrected chi connectivity index (χ0v) is 14.2. The van der Waals surface area contributed by atoms with Gasteiger partial charge in [-0.1, -0.05) is 12.1 Å². The van der Waals surface area contributed by atoms with Gasteiger partial charge in [-0.3, -0.25) is 4.79 Å². The first-order valence-corrected chi connectivity index (χ1v) is 7.92. The van der Waals surface area contributed by atoms with E-state index in [1.807, 2.05) is 51.1 Å². The summed E-state index contributed by atoms with van der Waals surface area (Å²) >= 11 is 0. The summed E-state index contributed by atoms with van der Waals surface area (Å²) in [6, 6.07) is 12.9. The van der Waals surface area contributed by atoms with Crippen molar-refractivity contribution < 1.29 is 9.21 Å². The third-order valence-electron chi connectivity index (χ3n) is 3.62. The number of nitrogens with zero attached hydrogens (tertiary/aromatic N) is 2. The number of nitriles is 1. The van der Waals surface area contributed by atoms with Crippen LogP contribution in [0.25, 0.3) is 6.08 Å². The van der Waals surface area contributed by atoms with E-state index in [1.165, 1.54) is 6.08 Å². The number of carbonyl (C=O) groups is 1. The zero-order chi connectivity index (χ0) is 17.5. The number of hydrogen-bond acceptors (Lipinski definition) is 4. The number of hydrogen-bond donors (Lipinski definition) is 1. The average Bonchev–Trinajstić information content (AvgIpc) is 3.02. The van der Waals surface area contributed by atoms with Crippen LogP contribution >= 0.6 is 0 Å². The predicted molar refractivity (Wildman–Crippen MR) is 95.7 cm³/mol. The molecule has 1 aromatic carbocycles. The van der Waals surface area contributed by atoms with Crippen molar-refractivity contribution in [1.29, 1.82) is 5.26 Å². The molecule has 0 unspecified atom stereocenters. The molecule has 0 aliphatic carbocycles. The lowest BCUT2D eigenvalue weighted by atomic mass is 10.2. The topological polar surface area (TPSA) is 69.3 Å². The second-order valence-corrected chi connectivity index (χ2v) is 5.34. The van der Waals surface area contributed by atoms with Gasteiger partial charge in [-0.2, -0.15) is 5.26 Å².